The van der Waals surface area contributed by atoms with Crippen LogP contribution in [0, 0.1) is 23.2 Å². The minimum absolute atomic E-state index is 0.0117. The largest absolute Gasteiger partial charge is 0.399 e. The molecule has 0 aliphatic heterocycles. The minimum atomic E-state index is -0.327. The van der Waals surface area contributed by atoms with E-state index in [1.807, 2.05) is 0 Å². The van der Waals surface area contributed by atoms with Gasteiger partial charge in [-0.15, -0.1) is 0 Å². The van der Waals surface area contributed by atoms with Gasteiger partial charge in [-0.1, -0.05) is 0 Å². The summed E-state index contributed by atoms with van der Waals surface area (Å²) in [4.78, 5) is 28.6. The number of nitrogen functional groups attached to an aromatic ring is 1. The number of fused-ring (bicyclic) bond motifs is 1. The minimum Gasteiger partial charge on any atom is -0.399 e. The molecule has 0 spiro atoms. The molecular formula is C18H21N3O2. The molecular weight excluding hydrogens is 290 g/mol. The van der Waals surface area contributed by atoms with Crippen molar-refractivity contribution in [2.75, 3.05) is 5.73 Å². The van der Waals surface area contributed by atoms with Crippen molar-refractivity contribution < 1.29 is 4.79 Å². The number of H-pyrrole nitrogens is 1. The SMILES string of the molecule is Nc1ccc2c(c1)[nH]c(=O)n2C(=O)C12CC3CC(CC(C3)C1)C2. The number of nitrogens with one attached hydrogen (secondary N) is 1. The monoisotopic (exact) mass is 311 g/mol. The summed E-state index contributed by atoms with van der Waals surface area (Å²) in [6, 6.07) is 5.25. The molecule has 0 amide bonds. The van der Waals surface area contributed by atoms with E-state index in [2.05, 4.69) is 4.98 Å². The van der Waals surface area contributed by atoms with E-state index in [9.17, 15) is 9.59 Å². The molecule has 4 aliphatic rings. The van der Waals surface area contributed by atoms with Crippen molar-refractivity contribution in [3.8, 4) is 0 Å². The van der Waals surface area contributed by atoms with Crippen molar-refractivity contribution >= 4 is 22.6 Å². The molecule has 1 heterocycles. The van der Waals surface area contributed by atoms with E-state index in [0.717, 1.165) is 19.3 Å². The van der Waals surface area contributed by atoms with E-state index in [0.29, 0.717) is 34.5 Å². The van der Waals surface area contributed by atoms with Crippen molar-refractivity contribution in [1.29, 1.82) is 0 Å². The number of nitrogens with two attached hydrogens (primary N) is 1. The van der Waals surface area contributed by atoms with Crippen LogP contribution in [0.1, 0.15) is 43.3 Å². The zero-order valence-electron chi connectivity index (χ0n) is 13.0. The van der Waals surface area contributed by atoms with Crippen molar-refractivity contribution in [2.24, 2.45) is 23.2 Å². The maximum Gasteiger partial charge on any atom is 0.333 e. The van der Waals surface area contributed by atoms with E-state index in [1.54, 1.807) is 18.2 Å². The average molecular weight is 311 g/mol. The van der Waals surface area contributed by atoms with Crippen LogP contribution in [0.3, 0.4) is 0 Å². The lowest BCUT2D eigenvalue weighted by Crippen LogP contribution is -2.52. The first-order chi connectivity index (χ1) is 11.0. The van der Waals surface area contributed by atoms with Crippen LogP contribution in [0.25, 0.3) is 11.0 Å². The molecule has 2 aromatic rings. The summed E-state index contributed by atoms with van der Waals surface area (Å²) in [7, 11) is 0. The van der Waals surface area contributed by atoms with E-state index < -0.39 is 0 Å². The number of imidazole rings is 1. The van der Waals surface area contributed by atoms with Gasteiger partial charge in [0, 0.05) is 5.69 Å². The van der Waals surface area contributed by atoms with Gasteiger partial charge in [0.05, 0.1) is 16.4 Å². The molecule has 5 heteroatoms. The standard InChI is InChI=1S/C18H21N3O2/c19-13-1-2-15-14(6-13)20-17(23)21(15)16(22)18-7-10-3-11(8-18)5-12(4-10)9-18/h1-2,6,10-12H,3-5,7-9,19H2,(H,20,23). The van der Waals surface area contributed by atoms with Gasteiger partial charge in [-0.05, 0) is 74.5 Å². The van der Waals surface area contributed by atoms with Crippen LogP contribution < -0.4 is 11.4 Å². The number of carbonyl (C=O) groups excluding carboxylic acids is 1. The van der Waals surface area contributed by atoms with Crippen molar-refractivity contribution in [3.05, 3.63) is 28.7 Å². The Labute approximate surface area is 133 Å². The zero-order chi connectivity index (χ0) is 15.8. The predicted octanol–water partition coefficient (Wildman–Crippen LogP) is 2.77. The molecule has 1 aromatic carbocycles. The van der Waals surface area contributed by atoms with Gasteiger partial charge in [-0.2, -0.15) is 0 Å². The Kier molecular flexibility index (Phi) is 2.49. The van der Waals surface area contributed by atoms with E-state index >= 15 is 0 Å². The van der Waals surface area contributed by atoms with Crippen LogP contribution in [-0.2, 0) is 0 Å². The second kappa shape index (κ2) is 4.28. The Bertz CT molecular complexity index is 841. The summed E-state index contributed by atoms with van der Waals surface area (Å²) in [6.07, 6.45) is 6.74. The lowest BCUT2D eigenvalue weighted by atomic mass is 9.49. The number of carbonyl (C=O) groups is 1. The summed E-state index contributed by atoms with van der Waals surface area (Å²) in [5, 5.41) is 0. The first-order valence-electron chi connectivity index (χ1n) is 8.59. The quantitative estimate of drug-likeness (QED) is 0.795. The zero-order valence-corrected chi connectivity index (χ0v) is 13.0. The highest BCUT2D eigenvalue weighted by atomic mass is 16.2. The second-order valence-electron chi connectivity index (χ2n) is 8.05. The fourth-order valence-electron chi connectivity index (χ4n) is 5.94. The highest BCUT2D eigenvalue weighted by molar-refractivity contribution is 5.94. The number of nitrogens with zero attached hydrogens (tertiary/aromatic N) is 1. The molecule has 23 heavy (non-hydrogen) atoms. The third-order valence-electron chi connectivity index (χ3n) is 6.40. The van der Waals surface area contributed by atoms with E-state index in [-0.39, 0.29) is 17.0 Å². The first kappa shape index (κ1) is 13.4. The number of aromatic nitrogens is 2. The van der Waals surface area contributed by atoms with Gasteiger partial charge in [0.1, 0.15) is 0 Å². The van der Waals surface area contributed by atoms with Crippen LogP contribution in [0.2, 0.25) is 0 Å². The molecule has 0 atom stereocenters. The maximum absolute atomic E-state index is 13.4. The Morgan fingerprint density at radius 3 is 2.35 bits per heavy atom. The molecule has 4 saturated carbocycles. The summed E-state index contributed by atoms with van der Waals surface area (Å²) in [6.45, 7) is 0. The highest BCUT2D eigenvalue weighted by Gasteiger charge is 2.55. The summed E-state index contributed by atoms with van der Waals surface area (Å²) >= 11 is 0. The van der Waals surface area contributed by atoms with Crippen LogP contribution in [0.15, 0.2) is 23.0 Å². The molecule has 4 aliphatic carbocycles. The number of aromatic amines is 1. The van der Waals surface area contributed by atoms with Crippen molar-refractivity contribution in [3.63, 3.8) is 0 Å². The Hall–Kier alpha value is -2.04. The Morgan fingerprint density at radius 1 is 1.13 bits per heavy atom. The average Bonchev–Trinajstić information content (AvgIpc) is 2.79. The number of hydrogen-bond acceptors (Lipinski definition) is 3. The smallest absolute Gasteiger partial charge is 0.333 e. The van der Waals surface area contributed by atoms with Gasteiger partial charge in [-0.3, -0.25) is 4.79 Å². The van der Waals surface area contributed by atoms with E-state index in [4.69, 9.17) is 5.73 Å². The molecule has 4 bridgehead atoms. The Morgan fingerprint density at radius 2 is 1.74 bits per heavy atom. The van der Waals surface area contributed by atoms with Gasteiger partial charge in [0.2, 0.25) is 5.91 Å². The summed E-state index contributed by atoms with van der Waals surface area (Å²) in [5.41, 5.74) is 7.05. The normalized spacial score (nSPS) is 35.0. The molecule has 3 N–H and O–H groups in total. The number of rotatable bonds is 1. The van der Waals surface area contributed by atoms with Crippen LogP contribution in [0.4, 0.5) is 5.69 Å². The first-order valence-corrected chi connectivity index (χ1v) is 8.59. The van der Waals surface area contributed by atoms with Crippen LogP contribution in [-0.4, -0.2) is 15.5 Å². The molecule has 1 aromatic heterocycles. The van der Waals surface area contributed by atoms with Gasteiger partial charge in [-0.25, -0.2) is 9.36 Å². The molecule has 5 nitrogen and oxygen atoms in total. The van der Waals surface area contributed by atoms with Gasteiger partial charge in [0.15, 0.2) is 0 Å². The third kappa shape index (κ3) is 1.79. The maximum atomic E-state index is 13.4. The topological polar surface area (TPSA) is 80.9 Å². The van der Waals surface area contributed by atoms with Crippen molar-refractivity contribution in [1.82, 2.24) is 9.55 Å². The fraction of sp³-hybridized carbons (Fsp3) is 0.556. The van der Waals surface area contributed by atoms with Crippen molar-refractivity contribution in [2.45, 2.75) is 38.5 Å². The number of hydrogen-bond donors (Lipinski definition) is 2. The predicted molar refractivity (Wildman–Crippen MR) is 88.2 cm³/mol. The molecule has 0 radical (unpaired) electrons. The Balaban J connectivity index is 1.64. The third-order valence-corrected chi connectivity index (χ3v) is 6.40. The number of anilines is 1. The molecule has 0 saturated heterocycles. The second-order valence-corrected chi connectivity index (χ2v) is 8.05. The molecule has 120 valence electrons. The van der Waals surface area contributed by atoms with Gasteiger partial charge < -0.3 is 10.7 Å². The molecule has 6 rings (SSSR count). The summed E-state index contributed by atoms with van der Waals surface area (Å²) < 4.78 is 1.38. The lowest BCUT2D eigenvalue weighted by Gasteiger charge is -2.55. The van der Waals surface area contributed by atoms with Crippen LogP contribution >= 0.6 is 0 Å². The van der Waals surface area contributed by atoms with Gasteiger partial charge >= 0.3 is 5.69 Å². The van der Waals surface area contributed by atoms with Crippen LogP contribution in [0.5, 0.6) is 0 Å². The molecule has 0 unspecified atom stereocenters. The van der Waals surface area contributed by atoms with Gasteiger partial charge in [0.25, 0.3) is 0 Å². The number of benzene rings is 1. The highest BCUT2D eigenvalue weighted by Crippen LogP contribution is 2.60. The fourth-order valence-corrected chi connectivity index (χ4v) is 5.94. The lowest BCUT2D eigenvalue weighted by molar-refractivity contribution is -0.0400. The summed E-state index contributed by atoms with van der Waals surface area (Å²) in [5.74, 6) is 2.06. The van der Waals surface area contributed by atoms with E-state index in [1.165, 1.54) is 23.8 Å². The molecule has 4 fully saturated rings.